The third-order valence-electron chi connectivity index (χ3n) is 5.44. The minimum atomic E-state index is -1.51. The summed E-state index contributed by atoms with van der Waals surface area (Å²) in [6.07, 6.45) is 8.38. The molecule has 0 bridgehead atoms. The SMILES string of the molecule is CCCCCCCCCCCCOCCCCOC[C@H]1O[C@H](O)[C@H](O)[C@@H](O)[C@H]1O. The van der Waals surface area contributed by atoms with E-state index in [-0.39, 0.29) is 6.61 Å². The normalized spacial score (nSPS) is 27.4. The summed E-state index contributed by atoms with van der Waals surface area (Å²) in [6.45, 7) is 4.33. The fraction of sp³-hybridized carbons (Fsp3) is 1.00. The number of hydrogen-bond donors (Lipinski definition) is 4. The van der Waals surface area contributed by atoms with Crippen LogP contribution in [0.4, 0.5) is 0 Å². The monoisotopic (exact) mass is 420 g/mol. The average Bonchev–Trinajstić information content (AvgIpc) is 2.72. The lowest BCUT2D eigenvalue weighted by Crippen LogP contribution is -2.58. The van der Waals surface area contributed by atoms with E-state index in [2.05, 4.69) is 6.92 Å². The molecule has 7 nitrogen and oxygen atoms in total. The van der Waals surface area contributed by atoms with Crippen LogP contribution < -0.4 is 0 Å². The molecule has 1 saturated heterocycles. The molecule has 4 N–H and O–H groups in total. The van der Waals surface area contributed by atoms with Gasteiger partial charge in [0.2, 0.25) is 0 Å². The molecule has 0 radical (unpaired) electrons. The van der Waals surface area contributed by atoms with Crippen LogP contribution in [0.5, 0.6) is 0 Å². The third kappa shape index (κ3) is 12.2. The highest BCUT2D eigenvalue weighted by Gasteiger charge is 2.42. The van der Waals surface area contributed by atoms with Gasteiger partial charge >= 0.3 is 0 Å². The lowest BCUT2D eigenvalue weighted by Gasteiger charge is -2.38. The molecule has 5 atom stereocenters. The van der Waals surface area contributed by atoms with Crippen molar-refractivity contribution in [1.29, 1.82) is 0 Å². The first-order valence-electron chi connectivity index (χ1n) is 11.6. The highest BCUT2D eigenvalue weighted by Crippen LogP contribution is 2.20. The van der Waals surface area contributed by atoms with Crippen LogP contribution in [0.25, 0.3) is 0 Å². The number of rotatable bonds is 18. The summed E-state index contributed by atoms with van der Waals surface area (Å²) in [5.74, 6) is 0. The lowest BCUT2D eigenvalue weighted by molar-refractivity contribution is -0.288. The zero-order valence-electron chi connectivity index (χ0n) is 18.2. The van der Waals surface area contributed by atoms with Gasteiger partial charge in [0.25, 0.3) is 0 Å². The fourth-order valence-corrected chi connectivity index (χ4v) is 3.47. The lowest BCUT2D eigenvalue weighted by atomic mass is 9.99. The summed E-state index contributed by atoms with van der Waals surface area (Å²) in [5, 5.41) is 38.3. The van der Waals surface area contributed by atoms with Crippen molar-refractivity contribution in [2.45, 2.75) is 115 Å². The topological polar surface area (TPSA) is 109 Å². The van der Waals surface area contributed by atoms with Crippen molar-refractivity contribution in [3.63, 3.8) is 0 Å². The Bertz CT molecular complexity index is 369. The summed E-state index contributed by atoms with van der Waals surface area (Å²) < 4.78 is 16.1. The van der Waals surface area contributed by atoms with Crippen LogP contribution in [0.1, 0.15) is 84.0 Å². The first-order valence-corrected chi connectivity index (χ1v) is 11.6. The van der Waals surface area contributed by atoms with E-state index < -0.39 is 30.7 Å². The Kier molecular flexibility index (Phi) is 16.1. The molecular formula is C22H44O7. The summed E-state index contributed by atoms with van der Waals surface area (Å²) in [4.78, 5) is 0. The Labute approximate surface area is 176 Å². The van der Waals surface area contributed by atoms with Crippen LogP contribution in [0, 0.1) is 0 Å². The molecule has 0 unspecified atom stereocenters. The van der Waals surface area contributed by atoms with Crippen LogP contribution in [-0.4, -0.2) is 77.6 Å². The molecular weight excluding hydrogens is 376 g/mol. The molecule has 0 aromatic rings. The van der Waals surface area contributed by atoms with Crippen LogP contribution in [0.15, 0.2) is 0 Å². The molecule has 1 heterocycles. The molecule has 0 aromatic carbocycles. The van der Waals surface area contributed by atoms with Gasteiger partial charge in [-0.15, -0.1) is 0 Å². The zero-order valence-corrected chi connectivity index (χ0v) is 18.2. The molecule has 174 valence electrons. The first kappa shape index (κ1) is 26.8. The van der Waals surface area contributed by atoms with Gasteiger partial charge in [-0.05, 0) is 19.3 Å². The molecule has 1 aliphatic rings. The first-order chi connectivity index (χ1) is 14.1. The molecule has 29 heavy (non-hydrogen) atoms. The van der Waals surface area contributed by atoms with Gasteiger partial charge in [0.05, 0.1) is 6.61 Å². The predicted octanol–water partition coefficient (Wildman–Crippen LogP) is 2.52. The van der Waals surface area contributed by atoms with Crippen LogP contribution in [0.2, 0.25) is 0 Å². The van der Waals surface area contributed by atoms with Crippen LogP contribution >= 0.6 is 0 Å². The maximum atomic E-state index is 9.81. The molecule has 7 heteroatoms. The minimum absolute atomic E-state index is 0.0570. The zero-order chi connectivity index (χ0) is 21.3. The van der Waals surface area contributed by atoms with E-state index in [0.29, 0.717) is 13.2 Å². The van der Waals surface area contributed by atoms with Crippen molar-refractivity contribution >= 4 is 0 Å². The van der Waals surface area contributed by atoms with Gasteiger partial charge in [-0.25, -0.2) is 0 Å². The van der Waals surface area contributed by atoms with Gasteiger partial charge in [-0.1, -0.05) is 64.7 Å². The molecule has 0 spiro atoms. The molecule has 1 fully saturated rings. The highest BCUT2D eigenvalue weighted by molar-refractivity contribution is 4.88. The van der Waals surface area contributed by atoms with E-state index in [1.807, 2.05) is 0 Å². The van der Waals surface area contributed by atoms with Crippen LogP contribution in [0.3, 0.4) is 0 Å². The van der Waals surface area contributed by atoms with Crippen LogP contribution in [-0.2, 0) is 14.2 Å². The van der Waals surface area contributed by atoms with E-state index in [4.69, 9.17) is 14.2 Å². The van der Waals surface area contributed by atoms with Gasteiger partial charge in [-0.2, -0.15) is 0 Å². The van der Waals surface area contributed by atoms with Gasteiger partial charge in [0.15, 0.2) is 6.29 Å². The van der Waals surface area contributed by atoms with Crippen molar-refractivity contribution in [3.8, 4) is 0 Å². The Morgan fingerprint density at radius 2 is 1.07 bits per heavy atom. The van der Waals surface area contributed by atoms with E-state index in [9.17, 15) is 20.4 Å². The quantitative estimate of drug-likeness (QED) is 0.252. The van der Waals surface area contributed by atoms with Gasteiger partial charge in [0.1, 0.15) is 24.4 Å². The van der Waals surface area contributed by atoms with Gasteiger partial charge < -0.3 is 34.6 Å². The Balaban J connectivity index is 1.81. The second-order valence-corrected chi connectivity index (χ2v) is 8.11. The number of aliphatic hydroxyl groups excluding tert-OH is 4. The maximum Gasteiger partial charge on any atom is 0.184 e. The summed E-state index contributed by atoms with van der Waals surface area (Å²) in [5.41, 5.74) is 0. The summed E-state index contributed by atoms with van der Waals surface area (Å²) in [6, 6.07) is 0. The van der Waals surface area contributed by atoms with Crippen molar-refractivity contribution < 1.29 is 34.6 Å². The van der Waals surface area contributed by atoms with Crippen molar-refractivity contribution in [3.05, 3.63) is 0 Å². The number of unbranched alkanes of at least 4 members (excludes halogenated alkanes) is 10. The summed E-state index contributed by atoms with van der Waals surface area (Å²) in [7, 11) is 0. The Morgan fingerprint density at radius 3 is 1.66 bits per heavy atom. The molecule has 0 saturated carbocycles. The maximum absolute atomic E-state index is 9.81. The Hall–Kier alpha value is -0.280. The number of aliphatic hydroxyl groups is 4. The number of ether oxygens (including phenoxy) is 3. The number of hydrogen-bond acceptors (Lipinski definition) is 7. The average molecular weight is 421 g/mol. The fourth-order valence-electron chi connectivity index (χ4n) is 3.47. The third-order valence-corrected chi connectivity index (χ3v) is 5.44. The Morgan fingerprint density at radius 1 is 0.586 bits per heavy atom. The van der Waals surface area contributed by atoms with E-state index in [1.165, 1.54) is 57.8 Å². The molecule has 0 aliphatic carbocycles. The van der Waals surface area contributed by atoms with Crippen molar-refractivity contribution in [2.75, 3.05) is 26.4 Å². The van der Waals surface area contributed by atoms with E-state index in [1.54, 1.807) is 0 Å². The molecule has 0 aromatic heterocycles. The largest absolute Gasteiger partial charge is 0.387 e. The summed E-state index contributed by atoms with van der Waals surface area (Å²) >= 11 is 0. The van der Waals surface area contributed by atoms with E-state index >= 15 is 0 Å². The molecule has 0 amide bonds. The minimum Gasteiger partial charge on any atom is -0.387 e. The van der Waals surface area contributed by atoms with Crippen molar-refractivity contribution in [1.82, 2.24) is 0 Å². The predicted molar refractivity (Wildman–Crippen MR) is 112 cm³/mol. The molecule has 1 rings (SSSR count). The standard InChI is InChI=1S/C22H44O7/c1-2-3-4-5-6-7-8-9-10-11-14-27-15-12-13-16-28-17-18-19(23)20(24)21(25)22(26)29-18/h18-26H,2-17H2,1H3/t18-,19+,20+,21-,22+/m1/s1. The van der Waals surface area contributed by atoms with E-state index in [0.717, 1.165) is 25.9 Å². The second kappa shape index (κ2) is 17.4. The highest BCUT2D eigenvalue weighted by atomic mass is 16.6. The van der Waals surface area contributed by atoms with Crippen molar-refractivity contribution in [2.24, 2.45) is 0 Å². The van der Waals surface area contributed by atoms with Gasteiger partial charge in [0, 0.05) is 19.8 Å². The smallest absolute Gasteiger partial charge is 0.184 e. The molecule has 1 aliphatic heterocycles. The van der Waals surface area contributed by atoms with Gasteiger partial charge in [-0.3, -0.25) is 0 Å². The second-order valence-electron chi connectivity index (χ2n) is 8.11.